The van der Waals surface area contributed by atoms with Crippen molar-refractivity contribution in [3.63, 3.8) is 0 Å². The van der Waals surface area contributed by atoms with Crippen molar-refractivity contribution in [2.24, 2.45) is 0 Å². The van der Waals surface area contributed by atoms with Gasteiger partial charge in [0.15, 0.2) is 0 Å². The minimum atomic E-state index is 0.786. The number of hydrogen-bond acceptors (Lipinski definition) is 0. The fourth-order valence-electron chi connectivity index (χ4n) is 4.82. The third kappa shape index (κ3) is 2.84. The molecule has 6 aromatic rings. The van der Waals surface area contributed by atoms with E-state index in [1.807, 2.05) is 12.1 Å². The number of fused-ring (bicyclic) bond motifs is 3. The molecule has 146 valence electrons. The minimum Gasteiger partial charge on any atom is -0.0837 e. The summed E-state index contributed by atoms with van der Waals surface area (Å²) in [6.45, 7) is 0. The molecular weight excluding hydrogens is 396 g/mol. The summed E-state index contributed by atoms with van der Waals surface area (Å²) < 4.78 is 0. The third-order valence-corrected chi connectivity index (χ3v) is 6.46. The zero-order valence-electron chi connectivity index (χ0n) is 16.8. The van der Waals surface area contributed by atoms with Gasteiger partial charge in [-0.2, -0.15) is 0 Å². The van der Waals surface area contributed by atoms with Crippen LogP contribution in [0.3, 0.4) is 0 Å². The Hall–Kier alpha value is -3.61. The highest BCUT2D eigenvalue weighted by atomic mass is 35.5. The van der Waals surface area contributed by atoms with Crippen LogP contribution in [0.2, 0.25) is 5.02 Å². The van der Waals surface area contributed by atoms with Gasteiger partial charge in [-0.05, 0) is 55.3 Å². The Morgan fingerprint density at radius 1 is 0.355 bits per heavy atom. The first-order valence-electron chi connectivity index (χ1n) is 10.5. The fourth-order valence-corrected chi connectivity index (χ4v) is 5.06. The molecule has 0 saturated carbocycles. The van der Waals surface area contributed by atoms with Crippen LogP contribution in [0.15, 0.2) is 115 Å². The summed E-state index contributed by atoms with van der Waals surface area (Å²) >= 11 is 6.56. The van der Waals surface area contributed by atoms with E-state index in [1.165, 1.54) is 49.2 Å². The minimum absolute atomic E-state index is 0.786. The van der Waals surface area contributed by atoms with Crippen LogP contribution in [0.4, 0.5) is 0 Å². The fraction of sp³-hybridized carbons (Fsp3) is 0. The van der Waals surface area contributed by atoms with Gasteiger partial charge >= 0.3 is 0 Å². The normalized spacial score (nSPS) is 11.4. The molecule has 0 spiro atoms. The molecule has 31 heavy (non-hydrogen) atoms. The van der Waals surface area contributed by atoms with Gasteiger partial charge in [0.1, 0.15) is 0 Å². The van der Waals surface area contributed by atoms with Crippen molar-refractivity contribution in [2.75, 3.05) is 0 Å². The summed E-state index contributed by atoms with van der Waals surface area (Å²) in [6.07, 6.45) is 0. The first kappa shape index (κ1) is 18.2. The van der Waals surface area contributed by atoms with Crippen LogP contribution in [0.5, 0.6) is 0 Å². The van der Waals surface area contributed by atoms with Gasteiger partial charge in [-0.3, -0.25) is 0 Å². The molecule has 0 N–H and O–H groups in total. The lowest BCUT2D eigenvalue weighted by molar-refractivity contribution is 1.66. The predicted octanol–water partition coefficient (Wildman–Crippen LogP) is 9.13. The molecule has 0 aromatic heterocycles. The van der Waals surface area contributed by atoms with E-state index in [1.54, 1.807) is 0 Å². The predicted molar refractivity (Wildman–Crippen MR) is 135 cm³/mol. The van der Waals surface area contributed by atoms with Gasteiger partial charge in [0.2, 0.25) is 0 Å². The Labute approximate surface area is 186 Å². The van der Waals surface area contributed by atoms with Gasteiger partial charge in [0, 0.05) is 10.4 Å². The van der Waals surface area contributed by atoms with E-state index < -0.39 is 0 Å². The molecule has 1 heteroatoms. The van der Waals surface area contributed by atoms with Crippen LogP contribution < -0.4 is 0 Å². The van der Waals surface area contributed by atoms with E-state index in [-0.39, 0.29) is 0 Å². The second-order valence-electron chi connectivity index (χ2n) is 7.85. The van der Waals surface area contributed by atoms with Crippen LogP contribution in [-0.4, -0.2) is 0 Å². The lowest BCUT2D eigenvalue weighted by atomic mass is 9.85. The van der Waals surface area contributed by atoms with Gasteiger partial charge in [-0.1, -0.05) is 121 Å². The van der Waals surface area contributed by atoms with Crippen molar-refractivity contribution in [2.45, 2.75) is 0 Å². The summed E-state index contributed by atoms with van der Waals surface area (Å²) in [5.41, 5.74) is 5.00. The average molecular weight is 415 g/mol. The lowest BCUT2D eigenvalue weighted by Gasteiger charge is -2.18. The van der Waals surface area contributed by atoms with Gasteiger partial charge in [-0.15, -0.1) is 0 Å². The molecular formula is C30H19Cl. The van der Waals surface area contributed by atoms with Crippen LogP contribution in [0.25, 0.3) is 54.6 Å². The largest absolute Gasteiger partial charge is 0.0837 e. The Kier molecular flexibility index (Phi) is 4.26. The van der Waals surface area contributed by atoms with Crippen molar-refractivity contribution in [3.8, 4) is 22.3 Å². The van der Waals surface area contributed by atoms with Crippen LogP contribution in [-0.2, 0) is 0 Å². The number of hydrogen-bond donors (Lipinski definition) is 0. The first-order valence-corrected chi connectivity index (χ1v) is 10.9. The molecule has 6 aromatic carbocycles. The summed E-state index contributed by atoms with van der Waals surface area (Å²) in [5, 5.41) is 8.09. The maximum absolute atomic E-state index is 6.56. The van der Waals surface area contributed by atoms with Crippen molar-refractivity contribution in [1.82, 2.24) is 0 Å². The number of halogens is 1. The van der Waals surface area contributed by atoms with Gasteiger partial charge in [0.05, 0.1) is 0 Å². The Bertz CT molecular complexity index is 1520. The van der Waals surface area contributed by atoms with Crippen LogP contribution >= 0.6 is 11.6 Å². The lowest BCUT2D eigenvalue weighted by Crippen LogP contribution is -1.91. The molecule has 0 bridgehead atoms. The molecule has 0 atom stereocenters. The van der Waals surface area contributed by atoms with E-state index in [0.29, 0.717) is 0 Å². The monoisotopic (exact) mass is 414 g/mol. The van der Waals surface area contributed by atoms with Crippen LogP contribution in [0, 0.1) is 0 Å². The van der Waals surface area contributed by atoms with Gasteiger partial charge < -0.3 is 0 Å². The second-order valence-corrected chi connectivity index (χ2v) is 8.25. The molecule has 0 fully saturated rings. The Morgan fingerprint density at radius 2 is 0.839 bits per heavy atom. The maximum atomic E-state index is 6.56. The molecule has 0 heterocycles. The number of rotatable bonds is 2. The Morgan fingerprint density at radius 3 is 1.48 bits per heavy atom. The summed E-state index contributed by atoms with van der Waals surface area (Å²) in [5.74, 6) is 0. The summed E-state index contributed by atoms with van der Waals surface area (Å²) in [4.78, 5) is 0. The standard InChI is InChI=1S/C30H19Cl/c31-28-19-9-16-21-22(28)17-8-18-23(21)30-26-14-6-4-12-24(26)29(20-10-2-1-3-11-20)25-13-5-7-15-27(25)30/h1-19H. The second kappa shape index (κ2) is 7.27. The zero-order chi connectivity index (χ0) is 20.8. The van der Waals surface area contributed by atoms with Gasteiger partial charge in [0.25, 0.3) is 0 Å². The summed E-state index contributed by atoms with van der Waals surface area (Å²) in [7, 11) is 0. The third-order valence-electron chi connectivity index (χ3n) is 6.13. The maximum Gasteiger partial charge on any atom is 0.0484 e. The first-order chi connectivity index (χ1) is 15.3. The smallest absolute Gasteiger partial charge is 0.0484 e. The Balaban J connectivity index is 1.85. The molecule has 0 aliphatic rings. The van der Waals surface area contributed by atoms with Crippen molar-refractivity contribution < 1.29 is 0 Å². The molecule has 0 aliphatic heterocycles. The molecule has 0 unspecified atom stereocenters. The highest BCUT2D eigenvalue weighted by molar-refractivity contribution is 6.36. The van der Waals surface area contributed by atoms with Crippen molar-refractivity contribution in [3.05, 3.63) is 120 Å². The topological polar surface area (TPSA) is 0 Å². The SMILES string of the molecule is Clc1cccc2c(-c3c4ccccc4c(-c4ccccc4)c4ccccc34)cccc12. The van der Waals surface area contributed by atoms with E-state index >= 15 is 0 Å². The number of benzene rings is 6. The molecule has 0 aliphatic carbocycles. The quantitative estimate of drug-likeness (QED) is 0.248. The van der Waals surface area contributed by atoms with Crippen LogP contribution in [0.1, 0.15) is 0 Å². The average Bonchev–Trinajstić information content (AvgIpc) is 2.83. The molecule has 0 saturated heterocycles. The van der Waals surface area contributed by atoms with E-state index in [0.717, 1.165) is 10.4 Å². The van der Waals surface area contributed by atoms with Gasteiger partial charge in [-0.25, -0.2) is 0 Å². The molecule has 0 radical (unpaired) electrons. The highest BCUT2D eigenvalue weighted by Crippen LogP contribution is 2.45. The molecule has 0 nitrogen and oxygen atoms in total. The molecule has 0 amide bonds. The zero-order valence-corrected chi connectivity index (χ0v) is 17.6. The van der Waals surface area contributed by atoms with Crippen molar-refractivity contribution in [1.29, 1.82) is 0 Å². The van der Waals surface area contributed by atoms with E-state index in [9.17, 15) is 0 Å². The van der Waals surface area contributed by atoms with E-state index in [4.69, 9.17) is 11.6 Å². The highest BCUT2D eigenvalue weighted by Gasteiger charge is 2.17. The summed E-state index contributed by atoms with van der Waals surface area (Å²) in [6, 6.07) is 40.8. The van der Waals surface area contributed by atoms with Crippen molar-refractivity contribution >= 4 is 43.9 Å². The molecule has 6 rings (SSSR count). The van der Waals surface area contributed by atoms with E-state index in [2.05, 4.69) is 103 Å².